The van der Waals surface area contributed by atoms with E-state index in [-0.39, 0.29) is 18.0 Å². The van der Waals surface area contributed by atoms with Gasteiger partial charge >= 0.3 is 18.1 Å². The van der Waals surface area contributed by atoms with Crippen LogP contribution in [0.2, 0.25) is 0 Å². The van der Waals surface area contributed by atoms with Crippen molar-refractivity contribution in [1.82, 2.24) is 15.1 Å². The fourth-order valence-corrected chi connectivity index (χ4v) is 3.34. The van der Waals surface area contributed by atoms with E-state index in [2.05, 4.69) is 5.32 Å². The van der Waals surface area contributed by atoms with E-state index in [0.717, 1.165) is 0 Å². The summed E-state index contributed by atoms with van der Waals surface area (Å²) in [7, 11) is 1.55. The van der Waals surface area contributed by atoms with E-state index in [9.17, 15) is 19.5 Å². The van der Waals surface area contributed by atoms with Crippen LogP contribution in [-0.2, 0) is 9.53 Å². The van der Waals surface area contributed by atoms with E-state index in [0.29, 0.717) is 25.9 Å². The molecule has 0 bridgehead atoms. The van der Waals surface area contributed by atoms with Gasteiger partial charge in [-0.25, -0.2) is 14.4 Å². The van der Waals surface area contributed by atoms with Crippen LogP contribution in [0.5, 0.6) is 0 Å². The number of urea groups is 1. The SMILES string of the molecule is CNC(=O)N1CC[C@@H]2C[C@@H](C(=O)O)N(C(=O)OC(C)(C)C)[C@H]2C1. The molecule has 2 saturated heterocycles. The van der Waals surface area contributed by atoms with Crippen LogP contribution in [0.15, 0.2) is 0 Å². The van der Waals surface area contributed by atoms with Gasteiger partial charge in [0, 0.05) is 20.1 Å². The van der Waals surface area contributed by atoms with Crippen LogP contribution in [0.3, 0.4) is 0 Å². The quantitative estimate of drug-likeness (QED) is 0.751. The first-order valence-electron chi connectivity index (χ1n) is 7.85. The summed E-state index contributed by atoms with van der Waals surface area (Å²) < 4.78 is 5.38. The molecule has 0 spiro atoms. The molecule has 8 nitrogen and oxygen atoms in total. The van der Waals surface area contributed by atoms with Crippen LogP contribution in [0.4, 0.5) is 9.59 Å². The Morgan fingerprint density at radius 1 is 1.26 bits per heavy atom. The zero-order valence-electron chi connectivity index (χ0n) is 14.0. The van der Waals surface area contributed by atoms with E-state index in [1.54, 1.807) is 32.7 Å². The molecule has 130 valence electrons. The van der Waals surface area contributed by atoms with Gasteiger partial charge in [-0.1, -0.05) is 0 Å². The highest BCUT2D eigenvalue weighted by Crippen LogP contribution is 2.37. The first-order valence-corrected chi connectivity index (χ1v) is 7.85. The molecule has 3 atom stereocenters. The number of hydrogen-bond acceptors (Lipinski definition) is 4. The van der Waals surface area contributed by atoms with Gasteiger partial charge in [0.25, 0.3) is 0 Å². The number of nitrogens with one attached hydrogen (secondary N) is 1. The highest BCUT2D eigenvalue weighted by atomic mass is 16.6. The first kappa shape index (κ1) is 17.4. The van der Waals surface area contributed by atoms with Gasteiger partial charge in [0.05, 0.1) is 6.04 Å². The predicted molar refractivity (Wildman–Crippen MR) is 82.0 cm³/mol. The smallest absolute Gasteiger partial charge is 0.411 e. The summed E-state index contributed by atoms with van der Waals surface area (Å²) in [5.41, 5.74) is -0.701. The third-order valence-electron chi connectivity index (χ3n) is 4.33. The number of amides is 3. The molecule has 3 amide bonds. The molecule has 2 aliphatic rings. The van der Waals surface area contributed by atoms with Gasteiger partial charge in [-0.05, 0) is 39.5 Å². The van der Waals surface area contributed by atoms with Crippen LogP contribution < -0.4 is 5.32 Å². The number of piperidine rings is 1. The number of carboxylic acids is 1. The van der Waals surface area contributed by atoms with Crippen LogP contribution >= 0.6 is 0 Å². The Balaban J connectivity index is 2.22. The van der Waals surface area contributed by atoms with Gasteiger partial charge in [-0.3, -0.25) is 4.90 Å². The maximum Gasteiger partial charge on any atom is 0.411 e. The second kappa shape index (κ2) is 6.25. The van der Waals surface area contributed by atoms with Gasteiger partial charge < -0.3 is 20.1 Å². The number of aliphatic carboxylic acids is 1. The molecule has 0 aromatic rings. The molecule has 0 radical (unpaired) electrons. The minimum absolute atomic E-state index is 0.0736. The summed E-state index contributed by atoms with van der Waals surface area (Å²) in [5, 5.41) is 12.0. The molecule has 2 N–H and O–H groups in total. The number of fused-ring (bicyclic) bond motifs is 1. The standard InChI is InChI=1S/C15H25N3O5/c1-15(2,3)23-14(22)18-10(12(19)20)7-9-5-6-17(8-11(9)18)13(21)16-4/h9-11H,5-8H2,1-4H3,(H,16,21)(H,19,20)/t9-,10+,11+/m1/s1. The average Bonchev–Trinajstić information content (AvgIpc) is 2.83. The fourth-order valence-electron chi connectivity index (χ4n) is 3.34. The predicted octanol–water partition coefficient (Wildman–Crippen LogP) is 1.11. The monoisotopic (exact) mass is 327 g/mol. The van der Waals surface area contributed by atoms with Crippen molar-refractivity contribution in [2.24, 2.45) is 5.92 Å². The number of carbonyl (C=O) groups is 3. The average molecular weight is 327 g/mol. The number of ether oxygens (including phenoxy) is 1. The van der Waals surface area contributed by atoms with Crippen molar-refractivity contribution in [1.29, 1.82) is 0 Å². The lowest BCUT2D eigenvalue weighted by Gasteiger charge is -2.38. The summed E-state index contributed by atoms with van der Waals surface area (Å²) in [6.07, 6.45) is 0.457. The highest BCUT2D eigenvalue weighted by Gasteiger charge is 2.50. The van der Waals surface area contributed by atoms with Gasteiger partial charge in [0.15, 0.2) is 0 Å². The highest BCUT2D eigenvalue weighted by molar-refractivity contribution is 5.81. The summed E-state index contributed by atoms with van der Waals surface area (Å²) >= 11 is 0. The van der Waals surface area contributed by atoms with E-state index in [1.165, 1.54) is 4.90 Å². The topological polar surface area (TPSA) is 99.2 Å². The van der Waals surface area contributed by atoms with Crippen molar-refractivity contribution in [2.75, 3.05) is 20.1 Å². The number of hydrogen-bond donors (Lipinski definition) is 2. The molecule has 8 heteroatoms. The summed E-state index contributed by atoms with van der Waals surface area (Å²) in [6.45, 7) is 6.12. The van der Waals surface area contributed by atoms with Gasteiger partial charge in [0.2, 0.25) is 0 Å². The maximum absolute atomic E-state index is 12.5. The molecule has 0 saturated carbocycles. The Morgan fingerprint density at radius 3 is 2.43 bits per heavy atom. The maximum atomic E-state index is 12.5. The number of carboxylic acid groups (broad SMARTS) is 1. The lowest BCUT2D eigenvalue weighted by molar-refractivity contribution is -0.142. The van der Waals surface area contributed by atoms with Crippen molar-refractivity contribution in [3.63, 3.8) is 0 Å². The minimum Gasteiger partial charge on any atom is -0.480 e. The van der Waals surface area contributed by atoms with E-state index in [1.807, 2.05) is 0 Å². The Hall–Kier alpha value is -1.99. The molecular formula is C15H25N3O5. The second-order valence-corrected chi connectivity index (χ2v) is 7.09. The summed E-state index contributed by atoms with van der Waals surface area (Å²) in [5.74, 6) is -0.957. The van der Waals surface area contributed by atoms with Gasteiger partial charge in [-0.2, -0.15) is 0 Å². The normalized spacial score (nSPS) is 27.4. The summed E-state index contributed by atoms with van der Waals surface area (Å²) in [6, 6.07) is -1.44. The van der Waals surface area contributed by atoms with E-state index in [4.69, 9.17) is 4.74 Å². The number of likely N-dealkylation sites (tertiary alicyclic amines) is 2. The van der Waals surface area contributed by atoms with Crippen molar-refractivity contribution < 1.29 is 24.2 Å². The zero-order valence-corrected chi connectivity index (χ0v) is 14.0. The molecule has 2 aliphatic heterocycles. The number of nitrogens with zero attached hydrogens (tertiary/aromatic N) is 2. The fraction of sp³-hybridized carbons (Fsp3) is 0.800. The molecule has 2 rings (SSSR count). The third kappa shape index (κ3) is 3.68. The molecule has 2 heterocycles. The molecule has 0 unspecified atom stereocenters. The van der Waals surface area contributed by atoms with E-state index < -0.39 is 23.7 Å². The van der Waals surface area contributed by atoms with Crippen molar-refractivity contribution in [3.8, 4) is 0 Å². The first-order chi connectivity index (χ1) is 10.6. The van der Waals surface area contributed by atoms with Gasteiger partial charge in [-0.15, -0.1) is 0 Å². The molecule has 2 fully saturated rings. The zero-order chi connectivity index (χ0) is 17.4. The van der Waals surface area contributed by atoms with Crippen molar-refractivity contribution >= 4 is 18.1 Å². The minimum atomic E-state index is -1.03. The van der Waals surface area contributed by atoms with Crippen LogP contribution in [-0.4, -0.2) is 70.8 Å². The number of rotatable bonds is 1. The van der Waals surface area contributed by atoms with Crippen molar-refractivity contribution in [2.45, 2.75) is 51.3 Å². The summed E-state index contributed by atoms with van der Waals surface area (Å²) in [4.78, 5) is 38.8. The Bertz CT molecular complexity index is 502. The van der Waals surface area contributed by atoms with Crippen molar-refractivity contribution in [3.05, 3.63) is 0 Å². The van der Waals surface area contributed by atoms with Crippen LogP contribution in [0.1, 0.15) is 33.6 Å². The van der Waals surface area contributed by atoms with E-state index >= 15 is 0 Å². The molecular weight excluding hydrogens is 302 g/mol. The molecule has 0 aromatic carbocycles. The lowest BCUT2D eigenvalue weighted by Crippen LogP contribution is -2.55. The Kier molecular flexibility index (Phi) is 4.72. The molecule has 0 aliphatic carbocycles. The van der Waals surface area contributed by atoms with Gasteiger partial charge in [0.1, 0.15) is 11.6 Å². The Labute approximate surface area is 135 Å². The lowest BCUT2D eigenvalue weighted by atomic mass is 9.91. The number of carbonyl (C=O) groups excluding carboxylic acids is 2. The van der Waals surface area contributed by atoms with Crippen LogP contribution in [0, 0.1) is 5.92 Å². The molecule has 23 heavy (non-hydrogen) atoms. The van der Waals surface area contributed by atoms with Crippen LogP contribution in [0.25, 0.3) is 0 Å². The molecule has 0 aromatic heterocycles. The third-order valence-corrected chi connectivity index (χ3v) is 4.33. The second-order valence-electron chi connectivity index (χ2n) is 7.09. The Morgan fingerprint density at radius 2 is 1.91 bits per heavy atom. The largest absolute Gasteiger partial charge is 0.480 e.